The molecule has 1 fully saturated rings. The molecule has 10 nitrogen and oxygen atoms in total. The second-order valence-corrected chi connectivity index (χ2v) is 7.91. The summed E-state index contributed by atoms with van der Waals surface area (Å²) in [5.74, 6) is 0.695. The molecule has 1 aliphatic heterocycles. The molecule has 5 heterocycles. The number of rotatable bonds is 7. The lowest BCUT2D eigenvalue weighted by atomic mass is 10.1. The number of ether oxygens (including phenoxy) is 1. The Morgan fingerprint density at radius 1 is 1.33 bits per heavy atom. The van der Waals surface area contributed by atoms with Gasteiger partial charge >= 0.3 is 5.69 Å². The van der Waals surface area contributed by atoms with Gasteiger partial charge in [-0.15, -0.1) is 0 Å². The van der Waals surface area contributed by atoms with Crippen molar-refractivity contribution in [3.8, 4) is 11.3 Å². The molecule has 0 saturated carbocycles. The van der Waals surface area contributed by atoms with Gasteiger partial charge in [-0.05, 0) is 37.5 Å². The zero-order chi connectivity index (χ0) is 22.9. The molecule has 168 valence electrons. The second-order valence-electron chi connectivity index (χ2n) is 7.91. The van der Waals surface area contributed by atoms with Crippen LogP contribution in [0.25, 0.3) is 33.5 Å². The van der Waals surface area contributed by atoms with Crippen LogP contribution in [0.5, 0.6) is 0 Å². The molecule has 1 saturated heterocycles. The van der Waals surface area contributed by atoms with Crippen LogP contribution in [0.2, 0.25) is 0 Å². The van der Waals surface area contributed by atoms with Crippen LogP contribution >= 0.6 is 0 Å². The number of aryl methyl sites for hydroxylation is 1. The van der Waals surface area contributed by atoms with Crippen molar-refractivity contribution < 1.29 is 9.15 Å². The maximum atomic E-state index is 13.2. The maximum Gasteiger partial charge on any atom is 0.348 e. The van der Waals surface area contributed by atoms with E-state index < -0.39 is 5.69 Å². The van der Waals surface area contributed by atoms with Gasteiger partial charge in [-0.2, -0.15) is 4.98 Å². The molecule has 0 aliphatic carbocycles. The average molecular weight is 445 g/mol. The molecule has 4 aromatic heterocycles. The molecule has 1 aliphatic rings. The minimum atomic E-state index is -0.400. The standard InChI is InChI=1S/C23H23N7O3/c1-26-18-5-4-13(11-27-18)19-21-20(16-9-14(17(25)10-24)12-28-22(16)33-21)30(23(31)29-19)7-6-15-3-2-8-32-15/h4-5,9-12,15,24-25H,2-3,6-8H2,1H3,(H,26,27). The number of hydrogen-bond acceptors (Lipinski definition) is 9. The fourth-order valence-electron chi connectivity index (χ4n) is 4.16. The molecule has 1 atom stereocenters. The van der Waals surface area contributed by atoms with E-state index in [0.717, 1.165) is 25.7 Å². The zero-order valence-corrected chi connectivity index (χ0v) is 18.1. The molecule has 0 bridgehead atoms. The molecule has 0 spiro atoms. The molecule has 3 N–H and O–H groups in total. The van der Waals surface area contributed by atoms with Crippen LogP contribution in [-0.4, -0.2) is 51.2 Å². The van der Waals surface area contributed by atoms with Crippen LogP contribution in [0.3, 0.4) is 0 Å². The summed E-state index contributed by atoms with van der Waals surface area (Å²) in [6, 6.07) is 5.36. The number of fused-ring (bicyclic) bond motifs is 3. The Labute approximate surface area is 188 Å². The number of furan rings is 1. The van der Waals surface area contributed by atoms with Crippen molar-refractivity contribution in [2.24, 2.45) is 0 Å². The van der Waals surface area contributed by atoms with Crippen molar-refractivity contribution in [1.82, 2.24) is 19.5 Å². The molecule has 4 aromatic rings. The van der Waals surface area contributed by atoms with Gasteiger partial charge in [0.15, 0.2) is 5.58 Å². The summed E-state index contributed by atoms with van der Waals surface area (Å²) < 4.78 is 13.4. The molecule has 1 unspecified atom stereocenters. The molecular formula is C23H23N7O3. The van der Waals surface area contributed by atoms with Crippen LogP contribution in [0.4, 0.5) is 5.82 Å². The summed E-state index contributed by atoms with van der Waals surface area (Å²) in [6.45, 7) is 1.17. The summed E-state index contributed by atoms with van der Waals surface area (Å²) >= 11 is 0. The monoisotopic (exact) mass is 445 g/mol. The third-order valence-electron chi connectivity index (χ3n) is 5.89. The summed E-state index contributed by atoms with van der Waals surface area (Å²) in [5.41, 5.74) is 2.47. The first kappa shape index (κ1) is 21.0. The SMILES string of the molecule is CNc1ccc(-c2nc(=O)n(CCC3CCCO3)c3c2oc2ncc(C(=N)C=N)cc23)cn1. The van der Waals surface area contributed by atoms with Gasteiger partial charge in [0.25, 0.3) is 0 Å². The topological polar surface area (TPSA) is 143 Å². The van der Waals surface area contributed by atoms with Crippen molar-refractivity contribution in [3.63, 3.8) is 0 Å². The van der Waals surface area contributed by atoms with E-state index in [4.69, 9.17) is 20.0 Å². The van der Waals surface area contributed by atoms with Crippen LogP contribution in [-0.2, 0) is 11.3 Å². The largest absolute Gasteiger partial charge is 0.434 e. The normalized spacial score (nSPS) is 15.8. The average Bonchev–Trinajstić information content (AvgIpc) is 3.50. The highest BCUT2D eigenvalue weighted by Crippen LogP contribution is 2.33. The van der Waals surface area contributed by atoms with Gasteiger partial charge in [0.2, 0.25) is 5.71 Å². The molecule has 0 radical (unpaired) electrons. The fraction of sp³-hybridized carbons (Fsp3) is 0.304. The van der Waals surface area contributed by atoms with E-state index in [1.807, 2.05) is 6.07 Å². The van der Waals surface area contributed by atoms with E-state index in [9.17, 15) is 4.79 Å². The van der Waals surface area contributed by atoms with Crippen LogP contribution in [0, 0.1) is 10.8 Å². The molecule has 10 heteroatoms. The molecule has 0 aromatic carbocycles. The van der Waals surface area contributed by atoms with Crippen molar-refractivity contribution in [2.75, 3.05) is 19.0 Å². The minimum absolute atomic E-state index is 0.0214. The van der Waals surface area contributed by atoms with Crippen molar-refractivity contribution in [2.45, 2.75) is 31.9 Å². The lowest BCUT2D eigenvalue weighted by Crippen LogP contribution is -2.25. The third kappa shape index (κ3) is 3.78. The zero-order valence-electron chi connectivity index (χ0n) is 18.1. The van der Waals surface area contributed by atoms with Crippen LogP contribution in [0.1, 0.15) is 24.8 Å². The van der Waals surface area contributed by atoms with E-state index in [-0.39, 0.29) is 11.8 Å². The van der Waals surface area contributed by atoms with Gasteiger partial charge in [-0.3, -0.25) is 9.98 Å². The summed E-state index contributed by atoms with van der Waals surface area (Å²) in [5, 5.41) is 19.0. The molecule has 33 heavy (non-hydrogen) atoms. The molecule has 5 rings (SSSR count). The maximum absolute atomic E-state index is 13.2. The predicted octanol–water partition coefficient (Wildman–Crippen LogP) is 3.23. The van der Waals surface area contributed by atoms with Gasteiger partial charge in [0.05, 0.1) is 17.2 Å². The summed E-state index contributed by atoms with van der Waals surface area (Å²) in [7, 11) is 1.78. The van der Waals surface area contributed by atoms with Crippen LogP contribution in [0.15, 0.2) is 39.8 Å². The minimum Gasteiger partial charge on any atom is -0.434 e. The second kappa shape index (κ2) is 8.55. The first-order chi connectivity index (χ1) is 16.1. The Balaban J connectivity index is 1.73. The van der Waals surface area contributed by atoms with Crippen molar-refractivity contribution in [1.29, 1.82) is 10.8 Å². The summed E-state index contributed by atoms with van der Waals surface area (Å²) in [6.07, 6.45) is 6.88. The Morgan fingerprint density at radius 3 is 2.91 bits per heavy atom. The van der Waals surface area contributed by atoms with E-state index in [2.05, 4.69) is 20.3 Å². The lowest BCUT2D eigenvalue weighted by molar-refractivity contribution is 0.100. The van der Waals surface area contributed by atoms with Gasteiger partial charge in [-0.25, -0.2) is 14.8 Å². The fourth-order valence-corrected chi connectivity index (χ4v) is 4.16. The Bertz CT molecular complexity index is 1420. The lowest BCUT2D eigenvalue weighted by Gasteiger charge is -2.13. The van der Waals surface area contributed by atoms with Gasteiger partial charge in [0.1, 0.15) is 17.0 Å². The first-order valence-electron chi connectivity index (χ1n) is 10.8. The molecule has 0 amide bonds. The number of pyridine rings is 2. The smallest absolute Gasteiger partial charge is 0.348 e. The number of anilines is 1. The highest BCUT2D eigenvalue weighted by atomic mass is 16.5. The quantitative estimate of drug-likeness (QED) is 0.371. The van der Waals surface area contributed by atoms with E-state index in [0.29, 0.717) is 57.8 Å². The number of hydrogen-bond donors (Lipinski definition) is 3. The predicted molar refractivity (Wildman–Crippen MR) is 126 cm³/mol. The van der Waals surface area contributed by atoms with Crippen molar-refractivity contribution >= 4 is 39.9 Å². The first-order valence-corrected chi connectivity index (χ1v) is 10.8. The van der Waals surface area contributed by atoms with E-state index in [1.54, 1.807) is 29.9 Å². The van der Waals surface area contributed by atoms with Crippen molar-refractivity contribution in [3.05, 3.63) is 46.6 Å². The molecular weight excluding hydrogens is 422 g/mol. The number of nitrogens with one attached hydrogen (secondary N) is 3. The van der Waals surface area contributed by atoms with Crippen LogP contribution < -0.4 is 11.0 Å². The third-order valence-corrected chi connectivity index (χ3v) is 5.89. The van der Waals surface area contributed by atoms with Gasteiger partial charge < -0.3 is 19.9 Å². The summed E-state index contributed by atoms with van der Waals surface area (Å²) in [4.78, 5) is 26.2. The number of nitrogens with zero attached hydrogens (tertiary/aromatic N) is 4. The van der Waals surface area contributed by atoms with Gasteiger partial charge in [-0.1, -0.05) is 0 Å². The Morgan fingerprint density at radius 2 is 2.21 bits per heavy atom. The number of aromatic nitrogens is 4. The highest BCUT2D eigenvalue weighted by molar-refractivity contribution is 6.36. The van der Waals surface area contributed by atoms with E-state index in [1.165, 1.54) is 6.20 Å². The Kier molecular flexibility index (Phi) is 5.43. The highest BCUT2D eigenvalue weighted by Gasteiger charge is 2.23. The Hall–Kier alpha value is -3.92. The van der Waals surface area contributed by atoms with Gasteiger partial charge in [0, 0.05) is 49.9 Å². The van der Waals surface area contributed by atoms with E-state index >= 15 is 0 Å².